The Morgan fingerprint density at radius 3 is 1.76 bits per heavy atom. The van der Waals surface area contributed by atoms with Gasteiger partial charge in [-0.15, -0.1) is 11.3 Å². The predicted octanol–water partition coefficient (Wildman–Crippen LogP) is 14.6. The summed E-state index contributed by atoms with van der Waals surface area (Å²) in [7, 11) is 0. The molecule has 0 fully saturated rings. The van der Waals surface area contributed by atoms with Crippen molar-refractivity contribution < 1.29 is 0 Å². The van der Waals surface area contributed by atoms with Crippen LogP contribution in [-0.2, 0) is 0 Å². The maximum atomic E-state index is 2.43. The Morgan fingerprint density at radius 1 is 0.408 bits per heavy atom. The highest BCUT2D eigenvalue weighted by molar-refractivity contribution is 8.05. The van der Waals surface area contributed by atoms with Crippen LogP contribution in [0.25, 0.3) is 70.6 Å². The Labute approximate surface area is 298 Å². The van der Waals surface area contributed by atoms with E-state index in [1.54, 1.807) is 0 Å². The molecule has 0 spiro atoms. The molecule has 0 saturated heterocycles. The molecule has 7 aromatic carbocycles. The molecule has 0 atom stereocenters. The van der Waals surface area contributed by atoms with Crippen molar-refractivity contribution in [1.82, 2.24) is 0 Å². The molecule has 0 N–H and O–H groups in total. The first-order chi connectivity index (χ1) is 24.3. The molecule has 0 unspecified atom stereocenters. The molecule has 2 aliphatic rings. The number of hydrogen-bond acceptors (Lipinski definition) is 3. The summed E-state index contributed by atoms with van der Waals surface area (Å²) in [6.45, 7) is 0. The highest BCUT2D eigenvalue weighted by Gasteiger charge is 2.20. The zero-order valence-corrected chi connectivity index (χ0v) is 29.1. The van der Waals surface area contributed by atoms with E-state index in [1.165, 1.54) is 95.7 Å². The normalized spacial score (nSPS) is 13.8. The van der Waals surface area contributed by atoms with Gasteiger partial charge in [0.15, 0.2) is 0 Å². The summed E-state index contributed by atoms with van der Waals surface area (Å²) < 4.78 is 0. The summed E-state index contributed by atoms with van der Waals surface area (Å²) in [4.78, 5) is 6.61. The second-order valence-electron chi connectivity index (χ2n) is 12.8. The Balaban J connectivity index is 1.16. The van der Waals surface area contributed by atoms with Gasteiger partial charge in [0, 0.05) is 24.5 Å². The third kappa shape index (κ3) is 5.08. The molecule has 1 aliphatic carbocycles. The SMILES string of the molecule is C1=CC(c2csc(-c3ccc(-c4ccc5c6ccccc6c6ccccc6c5c4)c(-c4ccc5c(c4)Sc4ccccc4S5)c3)c2)=CCC1. The monoisotopic (exact) mass is 678 g/mol. The second kappa shape index (κ2) is 12.0. The smallest absolute Gasteiger partial charge is 0.0349 e. The number of allylic oxidation sites excluding steroid dienone is 4. The summed E-state index contributed by atoms with van der Waals surface area (Å²) in [5.74, 6) is 0. The largest absolute Gasteiger partial charge is 0.143 e. The van der Waals surface area contributed by atoms with Crippen LogP contribution >= 0.6 is 34.9 Å². The van der Waals surface area contributed by atoms with Gasteiger partial charge in [0.25, 0.3) is 0 Å². The lowest BCUT2D eigenvalue weighted by molar-refractivity contribution is 1.04. The van der Waals surface area contributed by atoms with Crippen LogP contribution in [0.1, 0.15) is 18.4 Å². The first kappa shape index (κ1) is 29.1. The van der Waals surface area contributed by atoms with Gasteiger partial charge in [-0.1, -0.05) is 133 Å². The molecule has 0 radical (unpaired) electrons. The van der Waals surface area contributed by atoms with Crippen molar-refractivity contribution in [2.24, 2.45) is 0 Å². The fourth-order valence-electron chi connectivity index (χ4n) is 7.43. The highest BCUT2D eigenvalue weighted by atomic mass is 32.2. The third-order valence-corrected chi connectivity index (χ3v) is 13.4. The summed E-state index contributed by atoms with van der Waals surface area (Å²) >= 11 is 5.60. The van der Waals surface area contributed by atoms with E-state index in [-0.39, 0.29) is 0 Å². The summed E-state index contributed by atoms with van der Waals surface area (Å²) in [5.41, 5.74) is 8.93. The van der Waals surface area contributed by atoms with E-state index in [0.717, 1.165) is 12.8 Å². The fraction of sp³-hybridized carbons (Fsp3) is 0.0435. The van der Waals surface area contributed by atoms with E-state index in [4.69, 9.17) is 0 Å². The van der Waals surface area contributed by atoms with Crippen molar-refractivity contribution in [3.8, 4) is 32.7 Å². The summed E-state index contributed by atoms with van der Waals surface area (Å²) in [6.07, 6.45) is 9.19. The molecule has 2 heterocycles. The second-order valence-corrected chi connectivity index (χ2v) is 15.8. The zero-order chi connectivity index (χ0) is 32.3. The Hall–Kier alpha value is -4.80. The highest BCUT2D eigenvalue weighted by Crippen LogP contribution is 2.50. The molecule has 232 valence electrons. The average molecular weight is 679 g/mol. The van der Waals surface area contributed by atoms with Crippen molar-refractivity contribution in [3.63, 3.8) is 0 Å². The summed E-state index contributed by atoms with van der Waals surface area (Å²) in [5, 5.41) is 10.1. The van der Waals surface area contributed by atoms with Gasteiger partial charge in [0.2, 0.25) is 0 Å². The van der Waals surface area contributed by atoms with Crippen molar-refractivity contribution in [1.29, 1.82) is 0 Å². The van der Waals surface area contributed by atoms with E-state index in [1.807, 2.05) is 34.9 Å². The van der Waals surface area contributed by atoms with Crippen molar-refractivity contribution in [3.05, 3.63) is 163 Å². The lowest BCUT2D eigenvalue weighted by Crippen LogP contribution is -1.92. The third-order valence-electron chi connectivity index (χ3n) is 9.83. The van der Waals surface area contributed by atoms with Crippen molar-refractivity contribution >= 4 is 72.8 Å². The van der Waals surface area contributed by atoms with Gasteiger partial charge in [-0.2, -0.15) is 0 Å². The van der Waals surface area contributed by atoms with E-state index in [9.17, 15) is 0 Å². The lowest BCUT2D eigenvalue weighted by Gasteiger charge is -2.20. The standard InChI is InChI=1S/C46H30S3/c1-2-10-29(11-3-1)33-27-45(47-28-33)32-19-21-34(40(25-32)31-20-23-44-46(26-31)49-43-17-9-8-16-42(43)48-44)30-18-22-39-37-14-5-4-12-35(37)36-13-6-7-15-38(36)41(39)24-30/h2,4-28H,1,3H2. The molecule has 8 aromatic rings. The Bertz CT molecular complexity index is 2640. The molecule has 0 amide bonds. The van der Waals surface area contributed by atoms with Crippen LogP contribution in [0.2, 0.25) is 0 Å². The maximum absolute atomic E-state index is 2.43. The first-order valence-corrected chi connectivity index (χ1v) is 19.3. The van der Waals surface area contributed by atoms with E-state index in [0.29, 0.717) is 0 Å². The number of fused-ring (bicyclic) bond motifs is 8. The van der Waals surface area contributed by atoms with Gasteiger partial charge < -0.3 is 0 Å². The van der Waals surface area contributed by atoms with Gasteiger partial charge in [-0.3, -0.25) is 0 Å². The molecule has 1 aliphatic heterocycles. The molecular formula is C46H30S3. The van der Waals surface area contributed by atoms with Crippen molar-refractivity contribution in [2.45, 2.75) is 32.4 Å². The maximum Gasteiger partial charge on any atom is 0.0349 e. The zero-order valence-electron chi connectivity index (χ0n) is 26.7. The lowest BCUT2D eigenvalue weighted by atomic mass is 9.89. The van der Waals surface area contributed by atoms with Crippen LogP contribution in [0, 0.1) is 0 Å². The fourth-order valence-corrected chi connectivity index (χ4v) is 10.6. The van der Waals surface area contributed by atoms with E-state index in [2.05, 4.69) is 157 Å². The van der Waals surface area contributed by atoms with Crippen molar-refractivity contribution in [2.75, 3.05) is 0 Å². The molecule has 10 rings (SSSR count). The molecule has 49 heavy (non-hydrogen) atoms. The van der Waals surface area contributed by atoms with Gasteiger partial charge in [-0.25, -0.2) is 0 Å². The van der Waals surface area contributed by atoms with Gasteiger partial charge in [-0.05, 0) is 132 Å². The minimum Gasteiger partial charge on any atom is -0.143 e. The number of benzene rings is 7. The predicted molar refractivity (Wildman–Crippen MR) is 214 cm³/mol. The van der Waals surface area contributed by atoms with E-state index >= 15 is 0 Å². The molecule has 0 saturated carbocycles. The number of thiophene rings is 1. The molecule has 0 bridgehead atoms. The Morgan fingerprint density at radius 2 is 1.02 bits per heavy atom. The molecular weight excluding hydrogens is 649 g/mol. The van der Waals surface area contributed by atoms with Crippen LogP contribution in [-0.4, -0.2) is 0 Å². The topological polar surface area (TPSA) is 0 Å². The Kier molecular flexibility index (Phi) is 7.11. The van der Waals surface area contributed by atoms with Crippen LogP contribution in [0.15, 0.2) is 177 Å². The quantitative estimate of drug-likeness (QED) is 0.170. The van der Waals surface area contributed by atoms with E-state index < -0.39 is 0 Å². The summed E-state index contributed by atoms with van der Waals surface area (Å²) in [6, 6.07) is 50.0. The van der Waals surface area contributed by atoms with Gasteiger partial charge in [0.1, 0.15) is 0 Å². The van der Waals surface area contributed by atoms with Crippen LogP contribution < -0.4 is 0 Å². The molecule has 3 heteroatoms. The van der Waals surface area contributed by atoms with Gasteiger partial charge in [0.05, 0.1) is 0 Å². The van der Waals surface area contributed by atoms with Crippen LogP contribution in [0.3, 0.4) is 0 Å². The van der Waals surface area contributed by atoms with Crippen LogP contribution in [0.5, 0.6) is 0 Å². The van der Waals surface area contributed by atoms with Gasteiger partial charge >= 0.3 is 0 Å². The van der Waals surface area contributed by atoms with Crippen LogP contribution in [0.4, 0.5) is 0 Å². The first-order valence-electron chi connectivity index (χ1n) is 16.8. The average Bonchev–Trinajstić information content (AvgIpc) is 3.68. The molecule has 1 aromatic heterocycles. The molecule has 0 nitrogen and oxygen atoms in total. The minimum absolute atomic E-state index is 1.12. The number of rotatable bonds is 4. The number of hydrogen-bond donors (Lipinski definition) is 0. The minimum atomic E-state index is 1.12.